The van der Waals surface area contributed by atoms with Crippen LogP contribution in [-0.4, -0.2) is 24.8 Å². The van der Waals surface area contributed by atoms with Crippen molar-refractivity contribution in [2.75, 3.05) is 0 Å². The van der Waals surface area contributed by atoms with E-state index in [9.17, 15) is 9.18 Å². The third kappa shape index (κ3) is 3.60. The second kappa shape index (κ2) is 7.64. The van der Waals surface area contributed by atoms with Crippen molar-refractivity contribution in [3.8, 4) is 22.1 Å². The average Bonchev–Trinajstić information content (AvgIpc) is 3.29. The summed E-state index contributed by atoms with van der Waals surface area (Å²) < 4.78 is 23.1. The Labute approximate surface area is 171 Å². The van der Waals surface area contributed by atoms with Gasteiger partial charge in [0.05, 0.1) is 5.69 Å². The van der Waals surface area contributed by atoms with Crippen molar-refractivity contribution in [2.24, 2.45) is 7.05 Å². The lowest BCUT2D eigenvalue weighted by Crippen LogP contribution is -2.24. The van der Waals surface area contributed by atoms with Gasteiger partial charge in [-0.25, -0.2) is 14.2 Å². The molecule has 10 heteroatoms. The second-order valence-electron chi connectivity index (χ2n) is 5.84. The van der Waals surface area contributed by atoms with Crippen molar-refractivity contribution in [3.05, 3.63) is 74.2 Å². The number of rotatable bonds is 5. The second-order valence-corrected chi connectivity index (χ2v) is 7.57. The Balaban J connectivity index is 1.58. The van der Waals surface area contributed by atoms with Crippen LogP contribution in [0.5, 0.6) is 5.19 Å². The number of hydrogen-bond donors (Lipinski definition) is 0. The zero-order chi connectivity index (χ0) is 19.7. The first-order chi connectivity index (χ1) is 13.5. The summed E-state index contributed by atoms with van der Waals surface area (Å²) in [5, 5.41) is 9.68. The molecule has 0 spiro atoms. The Bertz CT molecular complexity index is 1190. The molecule has 2 heterocycles. The molecule has 0 aliphatic carbocycles. The lowest BCUT2D eigenvalue weighted by molar-refractivity contribution is 0.303. The molecular formula is C18H13BrFN5O2S. The molecule has 0 N–H and O–H groups in total. The maximum atomic E-state index is 14.4. The Kier molecular flexibility index (Phi) is 5.05. The van der Waals surface area contributed by atoms with Crippen molar-refractivity contribution < 1.29 is 9.13 Å². The van der Waals surface area contributed by atoms with Gasteiger partial charge in [0.15, 0.2) is 0 Å². The molecule has 7 nitrogen and oxygen atoms in total. The van der Waals surface area contributed by atoms with Crippen LogP contribution in [0.2, 0.25) is 0 Å². The van der Waals surface area contributed by atoms with E-state index in [-0.39, 0.29) is 12.3 Å². The Morgan fingerprint density at radius 1 is 1.18 bits per heavy atom. The van der Waals surface area contributed by atoms with Crippen molar-refractivity contribution >= 4 is 27.3 Å². The van der Waals surface area contributed by atoms with Gasteiger partial charge >= 0.3 is 5.69 Å². The highest BCUT2D eigenvalue weighted by Gasteiger charge is 2.17. The van der Waals surface area contributed by atoms with Crippen molar-refractivity contribution in [3.63, 3.8) is 0 Å². The predicted molar refractivity (Wildman–Crippen MR) is 106 cm³/mol. The van der Waals surface area contributed by atoms with Crippen LogP contribution in [0.4, 0.5) is 4.39 Å². The van der Waals surface area contributed by atoms with E-state index in [1.54, 1.807) is 12.1 Å². The van der Waals surface area contributed by atoms with Gasteiger partial charge in [-0.15, -0.1) is 0 Å². The number of benzene rings is 2. The lowest BCUT2D eigenvalue weighted by Gasteiger charge is -2.09. The summed E-state index contributed by atoms with van der Waals surface area (Å²) in [6.45, 7) is 0.0311. The van der Waals surface area contributed by atoms with E-state index in [0.717, 1.165) is 25.1 Å². The average molecular weight is 462 g/mol. The van der Waals surface area contributed by atoms with E-state index >= 15 is 0 Å². The van der Waals surface area contributed by atoms with Crippen LogP contribution < -0.4 is 10.4 Å². The van der Waals surface area contributed by atoms with E-state index in [2.05, 4.69) is 31.3 Å². The van der Waals surface area contributed by atoms with Gasteiger partial charge in [-0.05, 0) is 28.6 Å². The SMILES string of the molecule is Cn1nnn(-c2c(F)cccc2COc2nc(-c3ccc(Br)cc3)cs2)c1=O. The topological polar surface area (TPSA) is 74.8 Å². The van der Waals surface area contributed by atoms with Crippen LogP contribution in [0, 0.1) is 5.82 Å². The van der Waals surface area contributed by atoms with Crippen LogP contribution in [-0.2, 0) is 13.7 Å². The van der Waals surface area contributed by atoms with Gasteiger partial charge in [0, 0.05) is 28.0 Å². The summed E-state index contributed by atoms with van der Waals surface area (Å²) in [4.78, 5) is 16.6. The highest BCUT2D eigenvalue weighted by molar-refractivity contribution is 9.10. The van der Waals surface area contributed by atoms with Gasteiger partial charge in [-0.3, -0.25) is 0 Å². The molecule has 2 aromatic heterocycles. The van der Waals surface area contributed by atoms with Crippen molar-refractivity contribution in [2.45, 2.75) is 6.61 Å². The Hall–Kier alpha value is -2.85. The zero-order valence-corrected chi connectivity index (χ0v) is 16.9. The molecule has 28 heavy (non-hydrogen) atoms. The molecular weight excluding hydrogens is 449 g/mol. The third-order valence-corrected chi connectivity index (χ3v) is 5.26. The molecule has 0 radical (unpaired) electrons. The number of nitrogens with zero attached hydrogens (tertiary/aromatic N) is 5. The standard InChI is InChI=1S/C18H13BrFN5O2S/c1-24-18(26)25(23-22-24)16-12(3-2-4-14(16)20)9-27-17-21-15(10-28-17)11-5-7-13(19)8-6-11/h2-8,10H,9H2,1H3. The number of ether oxygens (including phenoxy) is 1. The fourth-order valence-corrected chi connectivity index (χ4v) is 3.53. The summed E-state index contributed by atoms with van der Waals surface area (Å²) in [6.07, 6.45) is 0. The molecule has 142 valence electrons. The molecule has 0 fully saturated rings. The highest BCUT2D eigenvalue weighted by atomic mass is 79.9. The van der Waals surface area contributed by atoms with E-state index < -0.39 is 11.5 Å². The number of aromatic nitrogens is 5. The molecule has 0 aliphatic rings. The number of tetrazole rings is 1. The number of thiazole rings is 1. The number of halogens is 2. The Morgan fingerprint density at radius 3 is 2.68 bits per heavy atom. The van der Waals surface area contributed by atoms with Gasteiger partial charge < -0.3 is 4.74 Å². The molecule has 0 saturated carbocycles. The monoisotopic (exact) mass is 461 g/mol. The first-order valence-electron chi connectivity index (χ1n) is 8.14. The maximum Gasteiger partial charge on any atom is 0.368 e. The largest absolute Gasteiger partial charge is 0.465 e. The third-order valence-electron chi connectivity index (χ3n) is 3.98. The minimum absolute atomic E-state index is 0.0188. The van der Waals surface area contributed by atoms with Crippen LogP contribution in [0.15, 0.2) is 57.1 Å². The smallest absolute Gasteiger partial charge is 0.368 e. The summed E-state index contributed by atoms with van der Waals surface area (Å²) in [5.41, 5.74) is 1.69. The minimum atomic E-state index is -0.585. The molecule has 4 rings (SSSR count). The predicted octanol–water partition coefficient (Wildman–Crippen LogP) is 3.57. The first-order valence-corrected chi connectivity index (χ1v) is 9.81. The number of hydrogen-bond acceptors (Lipinski definition) is 6. The fraction of sp³-hybridized carbons (Fsp3) is 0.111. The van der Waals surface area contributed by atoms with Gasteiger partial charge in [0.2, 0.25) is 0 Å². The minimum Gasteiger partial charge on any atom is -0.465 e. The normalized spacial score (nSPS) is 11.0. The van der Waals surface area contributed by atoms with E-state index in [1.807, 2.05) is 29.6 Å². The van der Waals surface area contributed by atoms with Crippen molar-refractivity contribution in [1.29, 1.82) is 0 Å². The molecule has 0 bridgehead atoms. The Morgan fingerprint density at radius 2 is 1.96 bits per heavy atom. The lowest BCUT2D eigenvalue weighted by atomic mass is 10.2. The highest BCUT2D eigenvalue weighted by Crippen LogP contribution is 2.28. The summed E-state index contributed by atoms with van der Waals surface area (Å²) >= 11 is 4.75. The van der Waals surface area contributed by atoms with Gasteiger partial charge in [0.25, 0.3) is 5.19 Å². The van der Waals surface area contributed by atoms with Crippen LogP contribution in [0.1, 0.15) is 5.56 Å². The van der Waals surface area contributed by atoms with E-state index in [0.29, 0.717) is 10.8 Å². The quantitative estimate of drug-likeness (QED) is 0.454. The summed E-state index contributed by atoms with van der Waals surface area (Å²) in [7, 11) is 1.45. The maximum absolute atomic E-state index is 14.4. The molecule has 2 aromatic carbocycles. The van der Waals surface area contributed by atoms with Crippen LogP contribution in [0.3, 0.4) is 0 Å². The fourth-order valence-electron chi connectivity index (χ4n) is 2.58. The number of para-hydroxylation sites is 1. The van der Waals surface area contributed by atoms with Gasteiger partial charge in [-0.1, -0.05) is 51.5 Å². The zero-order valence-electron chi connectivity index (χ0n) is 14.5. The molecule has 0 aliphatic heterocycles. The van der Waals surface area contributed by atoms with Crippen LogP contribution >= 0.6 is 27.3 Å². The van der Waals surface area contributed by atoms with E-state index in [1.165, 1.54) is 24.5 Å². The molecule has 0 atom stereocenters. The molecule has 0 amide bonds. The molecule has 0 unspecified atom stereocenters. The summed E-state index contributed by atoms with van der Waals surface area (Å²) in [5.74, 6) is -0.585. The number of aryl methyl sites for hydroxylation is 1. The summed E-state index contributed by atoms with van der Waals surface area (Å²) in [6, 6.07) is 12.3. The van der Waals surface area contributed by atoms with Crippen LogP contribution in [0.25, 0.3) is 16.9 Å². The molecule has 4 aromatic rings. The van der Waals surface area contributed by atoms with Gasteiger partial charge in [-0.2, -0.15) is 9.36 Å². The van der Waals surface area contributed by atoms with Gasteiger partial charge in [0.1, 0.15) is 18.1 Å². The van der Waals surface area contributed by atoms with Crippen molar-refractivity contribution in [1.82, 2.24) is 24.8 Å². The molecule has 0 saturated heterocycles. The van der Waals surface area contributed by atoms with E-state index in [4.69, 9.17) is 4.74 Å². The first kappa shape index (κ1) is 18.5.